The number of benzene rings is 2. The van der Waals surface area contributed by atoms with Crippen LogP contribution in [0.3, 0.4) is 0 Å². The SMILES string of the molecule is CCn1cc2ccc(NC(=O)c3ccccc3Cn3cncn3)cc2n1. The van der Waals surface area contributed by atoms with E-state index in [1.807, 2.05) is 60.3 Å². The van der Waals surface area contributed by atoms with Crippen LogP contribution in [0.2, 0.25) is 0 Å². The molecule has 7 heteroatoms. The first-order valence-corrected chi connectivity index (χ1v) is 8.42. The van der Waals surface area contributed by atoms with Gasteiger partial charge in [-0.3, -0.25) is 9.48 Å². The summed E-state index contributed by atoms with van der Waals surface area (Å²) in [5.74, 6) is -0.157. The lowest BCUT2D eigenvalue weighted by Gasteiger charge is -2.10. The predicted octanol–water partition coefficient (Wildman–Crippen LogP) is 2.95. The van der Waals surface area contributed by atoms with Gasteiger partial charge < -0.3 is 5.32 Å². The second kappa shape index (κ2) is 6.79. The Bertz CT molecular complexity index is 1050. The van der Waals surface area contributed by atoms with E-state index in [1.165, 1.54) is 6.33 Å². The zero-order valence-electron chi connectivity index (χ0n) is 14.3. The highest BCUT2D eigenvalue weighted by molar-refractivity contribution is 6.06. The standard InChI is InChI=1S/C19H18N6O/c1-2-24-11-15-7-8-16(9-18(15)23-24)22-19(26)17-6-4-3-5-14(17)10-25-13-20-12-21-25/h3-9,11-13H,2,10H2,1H3,(H,22,26). The van der Waals surface area contributed by atoms with Gasteiger partial charge in [-0.15, -0.1) is 0 Å². The number of hydrogen-bond donors (Lipinski definition) is 1. The molecule has 0 atom stereocenters. The molecule has 130 valence electrons. The molecule has 2 heterocycles. The molecule has 4 rings (SSSR count). The molecule has 0 radical (unpaired) electrons. The fraction of sp³-hybridized carbons (Fsp3) is 0.158. The molecule has 7 nitrogen and oxygen atoms in total. The molecule has 0 unspecified atom stereocenters. The lowest BCUT2D eigenvalue weighted by molar-refractivity contribution is 0.102. The van der Waals surface area contributed by atoms with Crippen LogP contribution in [-0.4, -0.2) is 30.5 Å². The van der Waals surface area contributed by atoms with E-state index in [-0.39, 0.29) is 5.91 Å². The summed E-state index contributed by atoms with van der Waals surface area (Å²) in [4.78, 5) is 16.7. The van der Waals surface area contributed by atoms with Crippen LogP contribution in [-0.2, 0) is 13.1 Å². The maximum atomic E-state index is 12.8. The van der Waals surface area contributed by atoms with Gasteiger partial charge in [0.2, 0.25) is 0 Å². The molecule has 0 bridgehead atoms. The van der Waals surface area contributed by atoms with Gasteiger partial charge in [-0.1, -0.05) is 18.2 Å². The Kier molecular flexibility index (Phi) is 4.18. The molecule has 4 aromatic rings. The van der Waals surface area contributed by atoms with Crippen molar-refractivity contribution in [3.8, 4) is 0 Å². The maximum Gasteiger partial charge on any atom is 0.256 e. The third-order valence-electron chi connectivity index (χ3n) is 4.20. The molecule has 1 N–H and O–H groups in total. The van der Waals surface area contributed by atoms with Gasteiger partial charge in [0.25, 0.3) is 5.91 Å². The van der Waals surface area contributed by atoms with Crippen LogP contribution in [0, 0.1) is 0 Å². The molecule has 0 aliphatic carbocycles. The number of hydrogen-bond acceptors (Lipinski definition) is 4. The summed E-state index contributed by atoms with van der Waals surface area (Å²) >= 11 is 0. The molecule has 26 heavy (non-hydrogen) atoms. The first kappa shape index (κ1) is 16.0. The molecular weight excluding hydrogens is 328 g/mol. The minimum absolute atomic E-state index is 0.157. The zero-order chi connectivity index (χ0) is 17.9. The minimum atomic E-state index is -0.157. The number of aromatic nitrogens is 5. The summed E-state index contributed by atoms with van der Waals surface area (Å²) in [6.07, 6.45) is 5.11. The van der Waals surface area contributed by atoms with Crippen molar-refractivity contribution in [2.24, 2.45) is 0 Å². The topological polar surface area (TPSA) is 77.6 Å². The number of carbonyl (C=O) groups excluding carboxylic acids is 1. The van der Waals surface area contributed by atoms with Crippen LogP contribution < -0.4 is 5.32 Å². The Hall–Kier alpha value is -3.48. The van der Waals surface area contributed by atoms with E-state index in [0.29, 0.717) is 12.1 Å². The highest BCUT2D eigenvalue weighted by Crippen LogP contribution is 2.19. The number of amides is 1. The molecule has 1 amide bonds. The lowest BCUT2D eigenvalue weighted by atomic mass is 10.1. The fourth-order valence-electron chi connectivity index (χ4n) is 2.87. The minimum Gasteiger partial charge on any atom is -0.322 e. The van der Waals surface area contributed by atoms with Crippen molar-refractivity contribution in [3.63, 3.8) is 0 Å². The van der Waals surface area contributed by atoms with Gasteiger partial charge in [-0.2, -0.15) is 10.2 Å². The van der Waals surface area contributed by atoms with Crippen molar-refractivity contribution >= 4 is 22.5 Å². The molecule has 0 aliphatic heterocycles. The summed E-state index contributed by atoms with van der Waals surface area (Å²) in [5.41, 5.74) is 3.08. The molecule has 0 fully saturated rings. The fourth-order valence-corrected chi connectivity index (χ4v) is 2.87. The monoisotopic (exact) mass is 346 g/mol. The van der Waals surface area contributed by atoms with Crippen molar-refractivity contribution in [1.82, 2.24) is 24.5 Å². The van der Waals surface area contributed by atoms with Crippen LogP contribution in [0.5, 0.6) is 0 Å². The third-order valence-corrected chi connectivity index (χ3v) is 4.20. The van der Waals surface area contributed by atoms with E-state index in [9.17, 15) is 4.79 Å². The average molecular weight is 346 g/mol. The Balaban J connectivity index is 1.58. The highest BCUT2D eigenvalue weighted by Gasteiger charge is 2.12. The zero-order valence-corrected chi connectivity index (χ0v) is 14.3. The van der Waals surface area contributed by atoms with Gasteiger partial charge in [-0.05, 0) is 36.8 Å². The van der Waals surface area contributed by atoms with Gasteiger partial charge in [0.05, 0.1) is 12.1 Å². The first-order valence-electron chi connectivity index (χ1n) is 8.42. The largest absolute Gasteiger partial charge is 0.322 e. The molecule has 2 aromatic heterocycles. The predicted molar refractivity (Wildman–Crippen MR) is 98.9 cm³/mol. The quantitative estimate of drug-likeness (QED) is 0.603. The Morgan fingerprint density at radius 1 is 1.15 bits per heavy atom. The maximum absolute atomic E-state index is 12.8. The van der Waals surface area contributed by atoms with Crippen molar-refractivity contribution in [3.05, 3.63) is 72.4 Å². The van der Waals surface area contributed by atoms with Crippen LogP contribution in [0.4, 0.5) is 5.69 Å². The number of anilines is 1. The molecule has 0 spiro atoms. The van der Waals surface area contributed by atoms with Crippen molar-refractivity contribution in [1.29, 1.82) is 0 Å². The third kappa shape index (κ3) is 3.19. The van der Waals surface area contributed by atoms with Crippen LogP contribution in [0.1, 0.15) is 22.8 Å². The number of fused-ring (bicyclic) bond motifs is 1. The van der Waals surface area contributed by atoms with Gasteiger partial charge in [0.15, 0.2) is 0 Å². The van der Waals surface area contributed by atoms with Crippen molar-refractivity contribution in [2.75, 3.05) is 5.32 Å². The number of aryl methyl sites for hydroxylation is 1. The second-order valence-corrected chi connectivity index (χ2v) is 5.96. The van der Waals surface area contributed by atoms with Gasteiger partial charge in [0.1, 0.15) is 12.7 Å². The molecule has 0 saturated heterocycles. The summed E-state index contributed by atoms with van der Waals surface area (Å²) in [7, 11) is 0. The summed E-state index contributed by atoms with van der Waals surface area (Å²) in [5, 5.41) is 12.6. The van der Waals surface area contributed by atoms with Crippen LogP contribution in [0.25, 0.3) is 10.9 Å². The van der Waals surface area contributed by atoms with E-state index in [1.54, 1.807) is 11.0 Å². The van der Waals surface area contributed by atoms with E-state index in [2.05, 4.69) is 20.5 Å². The van der Waals surface area contributed by atoms with E-state index < -0.39 is 0 Å². The van der Waals surface area contributed by atoms with E-state index in [4.69, 9.17) is 0 Å². The first-order chi connectivity index (χ1) is 12.7. The smallest absolute Gasteiger partial charge is 0.256 e. The number of nitrogens with one attached hydrogen (secondary N) is 1. The molecular formula is C19H18N6O. The Morgan fingerprint density at radius 3 is 2.85 bits per heavy atom. The average Bonchev–Trinajstić information content (AvgIpc) is 3.31. The van der Waals surface area contributed by atoms with Crippen LogP contribution in [0.15, 0.2) is 61.3 Å². The van der Waals surface area contributed by atoms with Gasteiger partial charge in [-0.25, -0.2) is 9.67 Å². The van der Waals surface area contributed by atoms with Crippen molar-refractivity contribution in [2.45, 2.75) is 20.0 Å². The Morgan fingerprint density at radius 2 is 2.04 bits per heavy atom. The van der Waals surface area contributed by atoms with E-state index in [0.717, 1.165) is 28.7 Å². The second-order valence-electron chi connectivity index (χ2n) is 5.96. The molecule has 0 aliphatic rings. The summed E-state index contributed by atoms with van der Waals surface area (Å²) in [6.45, 7) is 3.34. The van der Waals surface area contributed by atoms with E-state index >= 15 is 0 Å². The number of rotatable bonds is 5. The van der Waals surface area contributed by atoms with Gasteiger partial charge >= 0.3 is 0 Å². The molecule has 0 saturated carbocycles. The van der Waals surface area contributed by atoms with Crippen molar-refractivity contribution < 1.29 is 4.79 Å². The highest BCUT2D eigenvalue weighted by atomic mass is 16.1. The summed E-state index contributed by atoms with van der Waals surface area (Å²) < 4.78 is 3.57. The molecule has 2 aromatic carbocycles. The number of nitrogens with zero attached hydrogens (tertiary/aromatic N) is 5. The number of carbonyl (C=O) groups is 1. The van der Waals surface area contributed by atoms with Gasteiger partial charge in [0, 0.05) is 29.4 Å². The lowest BCUT2D eigenvalue weighted by Crippen LogP contribution is -2.15. The summed E-state index contributed by atoms with van der Waals surface area (Å²) in [6, 6.07) is 13.2. The normalized spacial score (nSPS) is 11.0. The van der Waals surface area contributed by atoms with Crippen LogP contribution >= 0.6 is 0 Å². The Labute approximate surface area is 150 Å².